The summed E-state index contributed by atoms with van der Waals surface area (Å²) in [4.78, 5) is 25.2. The van der Waals surface area contributed by atoms with Crippen molar-refractivity contribution in [1.82, 2.24) is 4.90 Å². The molecule has 2 amide bonds. The molecule has 1 fully saturated rings. The smallest absolute Gasteiger partial charge is 0.322 e. The van der Waals surface area contributed by atoms with Gasteiger partial charge in [0.1, 0.15) is 0 Å². The Kier molecular flexibility index (Phi) is 5.20. The molecule has 5 heteroatoms. The number of hydrogen-bond donors (Lipinski definition) is 2. The molecule has 1 aromatic rings. The minimum atomic E-state index is -0.901. The molecule has 0 aliphatic heterocycles. The van der Waals surface area contributed by atoms with Crippen molar-refractivity contribution in [1.29, 1.82) is 0 Å². The predicted octanol–water partition coefficient (Wildman–Crippen LogP) is 3.11. The summed E-state index contributed by atoms with van der Waals surface area (Å²) in [5, 5.41) is 11.8. The van der Waals surface area contributed by atoms with E-state index < -0.39 is 5.97 Å². The lowest BCUT2D eigenvalue weighted by Gasteiger charge is -2.23. The van der Waals surface area contributed by atoms with Crippen molar-refractivity contribution in [2.75, 3.05) is 11.9 Å². The summed E-state index contributed by atoms with van der Waals surface area (Å²) >= 11 is 0. The first-order valence-corrected chi connectivity index (χ1v) is 7.49. The van der Waals surface area contributed by atoms with Gasteiger partial charge in [0.05, 0.1) is 6.42 Å². The van der Waals surface area contributed by atoms with E-state index in [2.05, 4.69) is 12.2 Å². The summed E-state index contributed by atoms with van der Waals surface area (Å²) in [5.74, 6) is -0.901. The van der Waals surface area contributed by atoms with E-state index in [9.17, 15) is 9.59 Å². The first kappa shape index (κ1) is 15.4. The van der Waals surface area contributed by atoms with E-state index in [-0.39, 0.29) is 12.5 Å². The Morgan fingerprint density at radius 3 is 2.67 bits per heavy atom. The van der Waals surface area contributed by atoms with Gasteiger partial charge in [-0.25, -0.2) is 4.79 Å². The van der Waals surface area contributed by atoms with Crippen LogP contribution in [0.5, 0.6) is 0 Å². The Labute approximate surface area is 125 Å². The Morgan fingerprint density at radius 1 is 1.33 bits per heavy atom. The monoisotopic (exact) mass is 290 g/mol. The second kappa shape index (κ2) is 7.11. The van der Waals surface area contributed by atoms with E-state index in [0.717, 1.165) is 32.2 Å². The van der Waals surface area contributed by atoms with Crippen molar-refractivity contribution in [2.45, 2.75) is 45.1 Å². The molecule has 0 heterocycles. The van der Waals surface area contributed by atoms with Crippen LogP contribution in [-0.4, -0.2) is 34.6 Å². The van der Waals surface area contributed by atoms with Gasteiger partial charge in [-0.05, 0) is 30.9 Å². The third-order valence-corrected chi connectivity index (χ3v) is 3.60. The maximum absolute atomic E-state index is 12.4. The van der Waals surface area contributed by atoms with Crippen LogP contribution in [0, 0.1) is 0 Å². The first-order valence-electron chi connectivity index (χ1n) is 7.49. The third kappa shape index (κ3) is 4.48. The second-order valence-electron chi connectivity index (χ2n) is 5.44. The van der Waals surface area contributed by atoms with E-state index in [1.807, 2.05) is 4.90 Å². The molecule has 0 spiro atoms. The molecule has 1 aliphatic carbocycles. The largest absolute Gasteiger partial charge is 0.481 e. The molecule has 0 atom stereocenters. The van der Waals surface area contributed by atoms with Crippen molar-refractivity contribution < 1.29 is 14.7 Å². The van der Waals surface area contributed by atoms with E-state index in [1.54, 1.807) is 24.3 Å². The molecule has 2 N–H and O–H groups in total. The lowest BCUT2D eigenvalue weighted by atomic mass is 10.1. The number of para-hydroxylation sites is 1. The van der Waals surface area contributed by atoms with Crippen LogP contribution in [0.4, 0.5) is 10.5 Å². The van der Waals surface area contributed by atoms with Gasteiger partial charge in [-0.3, -0.25) is 4.79 Å². The SMILES string of the molecule is CCCCN(C(=O)Nc1ccccc1CC(=O)O)C1CC1. The fraction of sp³-hybridized carbons (Fsp3) is 0.500. The zero-order valence-corrected chi connectivity index (χ0v) is 12.3. The number of rotatable bonds is 7. The summed E-state index contributed by atoms with van der Waals surface area (Å²) in [6, 6.07) is 7.29. The maximum atomic E-state index is 12.4. The van der Waals surface area contributed by atoms with Crippen LogP contribution in [0.25, 0.3) is 0 Å². The lowest BCUT2D eigenvalue weighted by molar-refractivity contribution is -0.136. The van der Waals surface area contributed by atoms with Gasteiger partial charge in [-0.2, -0.15) is 0 Å². The number of benzene rings is 1. The molecule has 114 valence electrons. The highest BCUT2D eigenvalue weighted by atomic mass is 16.4. The van der Waals surface area contributed by atoms with Crippen LogP contribution in [0.3, 0.4) is 0 Å². The number of amides is 2. The molecule has 1 aliphatic rings. The molecular weight excluding hydrogens is 268 g/mol. The lowest BCUT2D eigenvalue weighted by Crippen LogP contribution is -2.37. The fourth-order valence-corrected chi connectivity index (χ4v) is 2.31. The zero-order valence-electron chi connectivity index (χ0n) is 12.3. The number of aliphatic carboxylic acids is 1. The average Bonchev–Trinajstić information content (AvgIpc) is 3.25. The van der Waals surface area contributed by atoms with Crippen LogP contribution in [-0.2, 0) is 11.2 Å². The van der Waals surface area contributed by atoms with Crippen molar-refractivity contribution in [3.05, 3.63) is 29.8 Å². The molecule has 21 heavy (non-hydrogen) atoms. The number of carboxylic acids is 1. The van der Waals surface area contributed by atoms with E-state index in [1.165, 1.54) is 0 Å². The van der Waals surface area contributed by atoms with Crippen molar-refractivity contribution >= 4 is 17.7 Å². The Bertz CT molecular complexity index is 512. The van der Waals surface area contributed by atoms with E-state index >= 15 is 0 Å². The summed E-state index contributed by atoms with van der Waals surface area (Å²) in [5.41, 5.74) is 1.22. The van der Waals surface area contributed by atoms with Gasteiger partial charge < -0.3 is 15.3 Å². The first-order chi connectivity index (χ1) is 10.1. The quantitative estimate of drug-likeness (QED) is 0.810. The van der Waals surface area contributed by atoms with E-state index in [0.29, 0.717) is 17.3 Å². The number of carbonyl (C=O) groups excluding carboxylic acids is 1. The number of carboxylic acid groups (broad SMARTS) is 1. The molecule has 0 aromatic heterocycles. The second-order valence-corrected chi connectivity index (χ2v) is 5.44. The van der Waals surface area contributed by atoms with Crippen molar-refractivity contribution in [3.63, 3.8) is 0 Å². The topological polar surface area (TPSA) is 69.6 Å². The molecular formula is C16H22N2O3. The standard InChI is InChI=1S/C16H22N2O3/c1-2-3-10-18(13-8-9-13)16(21)17-14-7-5-4-6-12(14)11-15(19)20/h4-7,13H,2-3,8-11H2,1H3,(H,17,21)(H,19,20). The van der Waals surface area contributed by atoms with Gasteiger partial charge in [0.2, 0.25) is 0 Å². The van der Waals surface area contributed by atoms with Gasteiger partial charge in [0, 0.05) is 18.3 Å². The molecule has 0 bridgehead atoms. The zero-order chi connectivity index (χ0) is 15.2. The number of urea groups is 1. The fourth-order valence-electron chi connectivity index (χ4n) is 2.31. The molecule has 2 rings (SSSR count). The van der Waals surface area contributed by atoms with Crippen LogP contribution in [0.2, 0.25) is 0 Å². The Balaban J connectivity index is 2.05. The normalized spacial score (nSPS) is 13.8. The highest BCUT2D eigenvalue weighted by Crippen LogP contribution is 2.28. The van der Waals surface area contributed by atoms with Gasteiger partial charge >= 0.3 is 12.0 Å². The summed E-state index contributed by atoms with van der Waals surface area (Å²) in [7, 11) is 0. The number of nitrogens with one attached hydrogen (secondary N) is 1. The Hall–Kier alpha value is -2.04. The maximum Gasteiger partial charge on any atom is 0.322 e. The van der Waals surface area contributed by atoms with Crippen LogP contribution in [0.1, 0.15) is 38.2 Å². The number of unbranched alkanes of at least 4 members (excludes halogenated alkanes) is 1. The summed E-state index contributed by atoms with van der Waals surface area (Å²) in [6.07, 6.45) is 4.07. The number of carbonyl (C=O) groups is 2. The van der Waals surface area contributed by atoms with Crippen molar-refractivity contribution in [3.8, 4) is 0 Å². The van der Waals surface area contributed by atoms with Gasteiger partial charge in [0.15, 0.2) is 0 Å². The minimum absolute atomic E-state index is 0.0885. The molecule has 0 saturated heterocycles. The summed E-state index contributed by atoms with van der Waals surface area (Å²) < 4.78 is 0. The van der Waals surface area contributed by atoms with Crippen LogP contribution in [0.15, 0.2) is 24.3 Å². The molecule has 1 saturated carbocycles. The van der Waals surface area contributed by atoms with Gasteiger partial charge in [0.25, 0.3) is 0 Å². The van der Waals surface area contributed by atoms with Gasteiger partial charge in [-0.15, -0.1) is 0 Å². The highest BCUT2D eigenvalue weighted by molar-refractivity contribution is 5.91. The molecule has 5 nitrogen and oxygen atoms in total. The number of anilines is 1. The van der Waals surface area contributed by atoms with Crippen molar-refractivity contribution in [2.24, 2.45) is 0 Å². The van der Waals surface area contributed by atoms with Crippen LogP contribution >= 0.6 is 0 Å². The minimum Gasteiger partial charge on any atom is -0.481 e. The summed E-state index contributed by atoms with van der Waals surface area (Å²) in [6.45, 7) is 2.86. The van der Waals surface area contributed by atoms with Gasteiger partial charge in [-0.1, -0.05) is 31.5 Å². The number of nitrogens with zero attached hydrogens (tertiary/aromatic N) is 1. The van der Waals surface area contributed by atoms with Crippen LogP contribution < -0.4 is 5.32 Å². The molecule has 0 radical (unpaired) electrons. The average molecular weight is 290 g/mol. The van der Waals surface area contributed by atoms with E-state index in [4.69, 9.17) is 5.11 Å². The number of hydrogen-bond acceptors (Lipinski definition) is 2. The Morgan fingerprint density at radius 2 is 2.05 bits per heavy atom. The molecule has 1 aromatic carbocycles. The molecule has 0 unspecified atom stereocenters. The third-order valence-electron chi connectivity index (χ3n) is 3.60. The predicted molar refractivity (Wildman–Crippen MR) is 81.4 cm³/mol. The highest BCUT2D eigenvalue weighted by Gasteiger charge is 2.32.